The van der Waals surface area contributed by atoms with Crippen LogP contribution in [0, 0.1) is 6.92 Å². The van der Waals surface area contributed by atoms with Gasteiger partial charge in [-0.25, -0.2) is 25.9 Å². The molecule has 2 N–H and O–H groups in total. The van der Waals surface area contributed by atoms with Gasteiger partial charge in [-0.3, -0.25) is 4.72 Å². The largest absolute Gasteiger partial charge is 0.492 e. The molecule has 170 valence electrons. The second-order valence-corrected chi connectivity index (χ2v) is 10.4. The number of ether oxygens (including phenoxy) is 2. The lowest BCUT2D eigenvalue weighted by atomic mass is 10.2. The maximum Gasteiger partial charge on any atom is 0.341 e. The Bertz CT molecular complexity index is 1180. The minimum absolute atomic E-state index is 0.0349. The van der Waals surface area contributed by atoms with Crippen LogP contribution in [0.25, 0.3) is 0 Å². The molecular formula is C19H24N2O8S2. The van der Waals surface area contributed by atoms with Crippen LogP contribution in [0.4, 0.5) is 5.69 Å². The van der Waals surface area contributed by atoms with Crippen molar-refractivity contribution in [3.05, 3.63) is 42.0 Å². The van der Waals surface area contributed by atoms with Crippen LogP contribution in [0.3, 0.4) is 0 Å². The number of benzene rings is 2. The number of hydrogen-bond acceptors (Lipinski definition) is 7. The van der Waals surface area contributed by atoms with Gasteiger partial charge in [-0.1, -0.05) is 0 Å². The highest BCUT2D eigenvalue weighted by atomic mass is 32.2. The maximum atomic E-state index is 12.8. The zero-order chi connectivity index (χ0) is 23.4. The van der Waals surface area contributed by atoms with Crippen LogP contribution < -0.4 is 14.2 Å². The van der Waals surface area contributed by atoms with Crippen molar-refractivity contribution in [2.24, 2.45) is 0 Å². The Morgan fingerprint density at radius 3 is 2.23 bits per heavy atom. The van der Waals surface area contributed by atoms with Crippen molar-refractivity contribution >= 4 is 31.7 Å². The molecule has 0 atom stereocenters. The summed E-state index contributed by atoms with van der Waals surface area (Å²) in [5.74, 6) is -0.812. The quantitative estimate of drug-likeness (QED) is 0.535. The number of carbonyl (C=O) groups is 1. The molecule has 0 fully saturated rings. The molecule has 2 rings (SSSR count). The molecule has 0 aromatic heterocycles. The summed E-state index contributed by atoms with van der Waals surface area (Å²) in [7, 11) is -5.23. The van der Waals surface area contributed by atoms with Gasteiger partial charge in [0.05, 0.1) is 17.2 Å². The van der Waals surface area contributed by atoms with E-state index < -0.39 is 32.6 Å². The van der Waals surface area contributed by atoms with Gasteiger partial charge in [-0.2, -0.15) is 0 Å². The molecule has 0 radical (unpaired) electrons. The number of sulfonamides is 2. The van der Waals surface area contributed by atoms with Crippen molar-refractivity contribution in [1.82, 2.24) is 4.31 Å². The van der Waals surface area contributed by atoms with Crippen molar-refractivity contribution < 1.29 is 36.2 Å². The van der Waals surface area contributed by atoms with Gasteiger partial charge in [0, 0.05) is 14.1 Å². The Morgan fingerprint density at radius 2 is 1.68 bits per heavy atom. The first-order valence-corrected chi connectivity index (χ1v) is 12.0. The Labute approximate surface area is 181 Å². The zero-order valence-corrected chi connectivity index (χ0v) is 19.1. The van der Waals surface area contributed by atoms with Crippen molar-refractivity contribution in [1.29, 1.82) is 0 Å². The number of rotatable bonds is 10. The molecule has 0 bridgehead atoms. The predicted molar refractivity (Wildman–Crippen MR) is 114 cm³/mol. The topological polar surface area (TPSA) is 139 Å². The van der Waals surface area contributed by atoms with Gasteiger partial charge in [-0.15, -0.1) is 0 Å². The summed E-state index contributed by atoms with van der Waals surface area (Å²) in [5.41, 5.74) is 0.458. The van der Waals surface area contributed by atoms with Gasteiger partial charge in [0.25, 0.3) is 10.0 Å². The van der Waals surface area contributed by atoms with E-state index in [2.05, 4.69) is 4.72 Å². The van der Waals surface area contributed by atoms with Crippen LogP contribution in [0.5, 0.6) is 11.5 Å². The average Bonchev–Trinajstić information content (AvgIpc) is 2.67. The molecule has 0 saturated carbocycles. The van der Waals surface area contributed by atoms with Gasteiger partial charge in [0.2, 0.25) is 10.0 Å². The molecule has 2 aromatic rings. The van der Waals surface area contributed by atoms with E-state index in [1.54, 1.807) is 13.8 Å². The molecule has 31 heavy (non-hydrogen) atoms. The summed E-state index contributed by atoms with van der Waals surface area (Å²) in [4.78, 5) is 10.4. The van der Waals surface area contributed by atoms with Crippen molar-refractivity contribution in [3.8, 4) is 11.5 Å². The third-order valence-electron chi connectivity index (χ3n) is 4.06. The summed E-state index contributed by atoms with van der Waals surface area (Å²) >= 11 is 0. The van der Waals surface area contributed by atoms with E-state index in [0.717, 1.165) is 4.31 Å². The van der Waals surface area contributed by atoms with E-state index in [-0.39, 0.29) is 33.6 Å². The third-order valence-corrected chi connectivity index (χ3v) is 7.28. The summed E-state index contributed by atoms with van der Waals surface area (Å²) in [5, 5.41) is 8.70. The molecule has 0 spiro atoms. The highest BCUT2D eigenvalue weighted by molar-refractivity contribution is 7.92. The molecule has 0 aliphatic carbocycles. The fraction of sp³-hybridized carbons (Fsp3) is 0.316. The predicted octanol–water partition coefficient (Wildman–Crippen LogP) is 1.91. The maximum absolute atomic E-state index is 12.8. The van der Waals surface area contributed by atoms with Crippen molar-refractivity contribution in [3.63, 3.8) is 0 Å². The summed E-state index contributed by atoms with van der Waals surface area (Å²) in [6, 6.07) is 7.91. The number of anilines is 1. The van der Waals surface area contributed by atoms with Crippen LogP contribution in [0.1, 0.15) is 12.5 Å². The van der Waals surface area contributed by atoms with Crippen LogP contribution in [-0.4, -0.2) is 59.5 Å². The summed E-state index contributed by atoms with van der Waals surface area (Å²) < 4.78 is 64.7. The number of carboxylic acids is 1. The first-order valence-electron chi connectivity index (χ1n) is 9.06. The number of aryl methyl sites for hydroxylation is 1. The van der Waals surface area contributed by atoms with E-state index >= 15 is 0 Å². The van der Waals surface area contributed by atoms with Gasteiger partial charge >= 0.3 is 5.97 Å². The van der Waals surface area contributed by atoms with Crippen molar-refractivity contribution in [2.45, 2.75) is 23.6 Å². The Morgan fingerprint density at radius 1 is 1.03 bits per heavy atom. The van der Waals surface area contributed by atoms with Gasteiger partial charge in [-0.05, 0) is 55.8 Å². The fourth-order valence-corrected chi connectivity index (χ4v) is 4.73. The van der Waals surface area contributed by atoms with E-state index in [9.17, 15) is 21.6 Å². The molecule has 0 heterocycles. The standard InChI is InChI=1S/C19H24N2O8S2/c1-5-28-17-8-6-14(11-18(17)31(26,27)21(3)4)20-30(24,25)15-7-9-16(13(2)10-15)29-12-19(22)23/h6-11,20H,5,12H2,1-4H3,(H,22,23). The molecule has 0 aliphatic heterocycles. The Kier molecular flexibility index (Phi) is 7.52. The second-order valence-electron chi connectivity index (χ2n) is 6.60. The second kappa shape index (κ2) is 9.54. The number of nitrogens with one attached hydrogen (secondary N) is 1. The normalized spacial score (nSPS) is 11.9. The van der Waals surface area contributed by atoms with Crippen LogP contribution >= 0.6 is 0 Å². The van der Waals surface area contributed by atoms with Crippen LogP contribution in [0.15, 0.2) is 46.2 Å². The molecule has 0 aliphatic rings. The molecule has 0 saturated heterocycles. The van der Waals surface area contributed by atoms with Gasteiger partial charge in [0.15, 0.2) is 6.61 Å². The number of carboxylic acid groups (broad SMARTS) is 1. The molecule has 0 amide bonds. The first-order chi connectivity index (χ1) is 14.4. The zero-order valence-electron chi connectivity index (χ0n) is 17.4. The van der Waals surface area contributed by atoms with Crippen molar-refractivity contribution in [2.75, 3.05) is 32.0 Å². The molecule has 0 unspecified atom stereocenters. The summed E-state index contributed by atoms with van der Waals surface area (Å²) in [6.45, 7) is 2.96. The van der Waals surface area contributed by atoms with E-state index in [4.69, 9.17) is 14.6 Å². The summed E-state index contributed by atoms with van der Waals surface area (Å²) in [6.07, 6.45) is 0. The average molecular weight is 473 g/mol. The molecule has 10 nitrogen and oxygen atoms in total. The van der Waals surface area contributed by atoms with Gasteiger partial charge < -0.3 is 14.6 Å². The first kappa shape index (κ1) is 24.4. The number of aliphatic carboxylic acids is 1. The minimum atomic E-state index is -4.06. The van der Waals surface area contributed by atoms with Crippen LogP contribution in [0.2, 0.25) is 0 Å². The van der Waals surface area contributed by atoms with Gasteiger partial charge in [0.1, 0.15) is 16.4 Å². The molecular weight excluding hydrogens is 448 g/mol. The lowest BCUT2D eigenvalue weighted by Gasteiger charge is -2.17. The number of nitrogens with zero attached hydrogens (tertiary/aromatic N) is 1. The Hall–Kier alpha value is -2.83. The lowest BCUT2D eigenvalue weighted by Crippen LogP contribution is -2.23. The number of hydrogen-bond donors (Lipinski definition) is 2. The van der Waals surface area contributed by atoms with E-state index in [1.807, 2.05) is 0 Å². The molecule has 12 heteroatoms. The highest BCUT2D eigenvalue weighted by Crippen LogP contribution is 2.30. The third kappa shape index (κ3) is 5.87. The molecule has 2 aromatic carbocycles. The Balaban J connectivity index is 2.39. The SMILES string of the molecule is CCOc1ccc(NS(=O)(=O)c2ccc(OCC(=O)O)c(C)c2)cc1S(=O)(=O)N(C)C. The fourth-order valence-electron chi connectivity index (χ4n) is 2.55. The van der Waals surface area contributed by atoms with Crippen LogP contribution in [-0.2, 0) is 24.8 Å². The van der Waals surface area contributed by atoms with E-state index in [1.165, 1.54) is 50.5 Å². The minimum Gasteiger partial charge on any atom is -0.492 e. The smallest absolute Gasteiger partial charge is 0.341 e. The monoisotopic (exact) mass is 472 g/mol. The highest BCUT2D eigenvalue weighted by Gasteiger charge is 2.24. The lowest BCUT2D eigenvalue weighted by molar-refractivity contribution is -0.139. The van der Waals surface area contributed by atoms with E-state index in [0.29, 0.717) is 5.56 Å².